The molecule has 0 radical (unpaired) electrons. The number of hydrogen-bond acceptors (Lipinski definition) is 16. The molecule has 0 amide bonds. The molecule has 3 rings (SSSR count). The average Bonchev–Trinajstić information content (AvgIpc) is 2.94. The van der Waals surface area contributed by atoms with Gasteiger partial charge in [-0.1, -0.05) is 0 Å². The third-order valence-corrected chi connectivity index (χ3v) is 7.07. The third-order valence-electron chi connectivity index (χ3n) is 7.07. The molecule has 0 aliphatic carbocycles. The lowest BCUT2D eigenvalue weighted by Gasteiger charge is -2.49. The van der Waals surface area contributed by atoms with Gasteiger partial charge in [-0.3, -0.25) is 0 Å². The van der Waals surface area contributed by atoms with Crippen LogP contribution < -0.4 is 0 Å². The summed E-state index contributed by atoms with van der Waals surface area (Å²) in [7, 11) is 0. The van der Waals surface area contributed by atoms with Gasteiger partial charge in [0.1, 0.15) is 73.2 Å². The molecule has 0 aromatic rings. The first kappa shape index (κ1) is 33.9. The van der Waals surface area contributed by atoms with E-state index in [9.17, 15) is 40.9 Å². The van der Waals surface area contributed by atoms with E-state index in [1.54, 1.807) is 20.8 Å². The van der Waals surface area contributed by atoms with E-state index in [1.807, 2.05) is 0 Å². The van der Waals surface area contributed by atoms with E-state index in [1.165, 1.54) is 0 Å². The minimum absolute atomic E-state index is 0.0156. The molecule has 16 heteroatoms. The van der Waals surface area contributed by atoms with Crippen LogP contribution >= 0.6 is 0 Å². The smallest absolute Gasteiger partial charge is 0.187 e. The summed E-state index contributed by atoms with van der Waals surface area (Å²) in [5, 5.41) is 82.3. The fourth-order valence-electron chi connectivity index (χ4n) is 5.00. The molecular weight excluding hydrogens is 544 g/mol. The van der Waals surface area contributed by atoms with Crippen molar-refractivity contribution in [2.75, 3.05) is 39.6 Å². The molecular formula is C24H44O16. The number of aliphatic hydroxyl groups excluding tert-OH is 8. The zero-order chi connectivity index (χ0) is 29.6. The molecule has 0 saturated carbocycles. The van der Waals surface area contributed by atoms with Crippen LogP contribution in [0.2, 0.25) is 0 Å². The molecule has 3 heterocycles. The lowest BCUT2D eigenvalue weighted by molar-refractivity contribution is -0.380. The molecule has 0 aromatic heterocycles. The van der Waals surface area contributed by atoms with Crippen molar-refractivity contribution in [3.63, 3.8) is 0 Å². The summed E-state index contributed by atoms with van der Waals surface area (Å²) in [6, 6.07) is 0. The molecule has 3 aliphatic heterocycles. The van der Waals surface area contributed by atoms with Gasteiger partial charge in [-0.05, 0) is 20.8 Å². The Kier molecular flexibility index (Phi) is 13.3. The van der Waals surface area contributed by atoms with Gasteiger partial charge in [0.2, 0.25) is 0 Å². The Labute approximate surface area is 231 Å². The molecule has 0 bridgehead atoms. The van der Waals surface area contributed by atoms with E-state index in [0.29, 0.717) is 6.61 Å². The molecule has 0 aromatic carbocycles. The Morgan fingerprint density at radius 1 is 0.525 bits per heavy atom. The lowest BCUT2D eigenvalue weighted by Crippen LogP contribution is -2.67. The highest BCUT2D eigenvalue weighted by Crippen LogP contribution is 2.33. The minimum atomic E-state index is -1.79. The van der Waals surface area contributed by atoms with Gasteiger partial charge < -0.3 is 78.7 Å². The topological polar surface area (TPSA) is 236 Å². The van der Waals surface area contributed by atoms with Crippen LogP contribution in [0.3, 0.4) is 0 Å². The van der Waals surface area contributed by atoms with Crippen molar-refractivity contribution < 1.29 is 78.7 Å². The Morgan fingerprint density at radius 2 is 1.07 bits per heavy atom. The van der Waals surface area contributed by atoms with Crippen LogP contribution in [-0.2, 0) is 37.9 Å². The van der Waals surface area contributed by atoms with Crippen LogP contribution in [0.5, 0.6) is 0 Å². The maximum absolute atomic E-state index is 11.0. The van der Waals surface area contributed by atoms with E-state index in [0.717, 1.165) is 0 Å². The molecule has 0 spiro atoms. The largest absolute Gasteiger partial charge is 0.394 e. The first-order valence-corrected chi connectivity index (χ1v) is 13.5. The summed E-state index contributed by atoms with van der Waals surface area (Å²) < 4.78 is 45.4. The summed E-state index contributed by atoms with van der Waals surface area (Å²) in [4.78, 5) is 0. The zero-order valence-electron chi connectivity index (χ0n) is 22.7. The van der Waals surface area contributed by atoms with Crippen molar-refractivity contribution in [1.82, 2.24) is 0 Å². The minimum Gasteiger partial charge on any atom is -0.394 e. The third kappa shape index (κ3) is 7.46. The first-order chi connectivity index (χ1) is 19.1. The quantitative estimate of drug-likeness (QED) is 0.101. The second kappa shape index (κ2) is 15.7. The maximum atomic E-state index is 11.0. The summed E-state index contributed by atoms with van der Waals surface area (Å²) >= 11 is 0. The van der Waals surface area contributed by atoms with E-state index in [-0.39, 0.29) is 19.8 Å². The summed E-state index contributed by atoms with van der Waals surface area (Å²) in [6.07, 6.45) is -21.2. The Hall–Kier alpha value is -0.640. The van der Waals surface area contributed by atoms with E-state index in [4.69, 9.17) is 37.9 Å². The van der Waals surface area contributed by atoms with Gasteiger partial charge in [0, 0.05) is 19.8 Å². The van der Waals surface area contributed by atoms with Crippen molar-refractivity contribution in [3.05, 3.63) is 0 Å². The molecule has 236 valence electrons. The molecule has 0 unspecified atom stereocenters. The maximum Gasteiger partial charge on any atom is 0.187 e. The highest BCUT2D eigenvalue weighted by atomic mass is 16.8. The van der Waals surface area contributed by atoms with Crippen molar-refractivity contribution in [3.8, 4) is 0 Å². The van der Waals surface area contributed by atoms with Crippen molar-refractivity contribution in [2.45, 2.75) is 113 Å². The summed E-state index contributed by atoms with van der Waals surface area (Å²) in [6.45, 7) is 4.55. The van der Waals surface area contributed by atoms with Crippen LogP contribution in [0.15, 0.2) is 0 Å². The predicted molar refractivity (Wildman–Crippen MR) is 129 cm³/mol. The van der Waals surface area contributed by atoms with Crippen molar-refractivity contribution >= 4 is 0 Å². The van der Waals surface area contributed by atoms with Gasteiger partial charge in [-0.25, -0.2) is 0 Å². The SMILES string of the molecule is CCOC[C@H]1O[C@H](O)[C@H](OCC)[C@@H](OCC)[C@@H]1O[C@H]1O[C@H](CO)[C@@H](O[C@@H]2O[C@H](CO)[C@@H](O)[C@H](O)[C@H]2O)[C@H](O)[C@H]1O. The standard InChI is InChI=1S/C24H44O16/c1-4-33-9-12-19(20(34-5-2)21(35-6-3)22(32)36-12)40-24-17(31)15(29)18(11(8-26)38-24)39-23-16(30)14(28)13(27)10(7-25)37-23/h10-32H,4-9H2,1-3H3/t10-,11-,12-,13-,14+,15-,16-,17-,18-,19-,20+,21-,22+,23+,24-/m1/s1. The van der Waals surface area contributed by atoms with Gasteiger partial charge in [-0.2, -0.15) is 0 Å². The first-order valence-electron chi connectivity index (χ1n) is 13.5. The van der Waals surface area contributed by atoms with Crippen molar-refractivity contribution in [2.24, 2.45) is 0 Å². The van der Waals surface area contributed by atoms with Gasteiger partial charge in [0.15, 0.2) is 18.9 Å². The van der Waals surface area contributed by atoms with Crippen LogP contribution in [0, 0.1) is 0 Å². The number of hydrogen-bond donors (Lipinski definition) is 8. The number of ether oxygens (including phenoxy) is 8. The number of aliphatic hydroxyl groups is 8. The highest BCUT2D eigenvalue weighted by molar-refractivity contribution is 4.97. The molecule has 3 saturated heterocycles. The molecule has 40 heavy (non-hydrogen) atoms. The second-order valence-electron chi connectivity index (χ2n) is 9.67. The van der Waals surface area contributed by atoms with Gasteiger partial charge >= 0.3 is 0 Å². The van der Waals surface area contributed by atoms with E-state index in [2.05, 4.69) is 0 Å². The predicted octanol–water partition coefficient (Wildman–Crippen LogP) is -4.44. The van der Waals surface area contributed by atoms with Crippen LogP contribution in [0.1, 0.15) is 20.8 Å². The van der Waals surface area contributed by atoms with Crippen molar-refractivity contribution in [1.29, 1.82) is 0 Å². The Morgan fingerprint density at radius 3 is 1.65 bits per heavy atom. The Balaban J connectivity index is 1.79. The van der Waals surface area contributed by atoms with Gasteiger partial charge in [-0.15, -0.1) is 0 Å². The second-order valence-corrected chi connectivity index (χ2v) is 9.67. The molecule has 8 N–H and O–H groups in total. The highest BCUT2D eigenvalue weighted by Gasteiger charge is 2.54. The Bertz CT molecular complexity index is 729. The molecule has 16 nitrogen and oxygen atoms in total. The van der Waals surface area contributed by atoms with Crippen LogP contribution in [0.4, 0.5) is 0 Å². The monoisotopic (exact) mass is 588 g/mol. The van der Waals surface area contributed by atoms with E-state index >= 15 is 0 Å². The zero-order valence-corrected chi connectivity index (χ0v) is 22.7. The molecule has 15 atom stereocenters. The van der Waals surface area contributed by atoms with Gasteiger partial charge in [0.05, 0.1) is 19.8 Å². The number of rotatable bonds is 13. The summed E-state index contributed by atoms with van der Waals surface area (Å²) in [5.74, 6) is 0. The molecule has 3 fully saturated rings. The van der Waals surface area contributed by atoms with Gasteiger partial charge in [0.25, 0.3) is 0 Å². The normalized spacial score (nSPS) is 46.4. The summed E-state index contributed by atoms with van der Waals surface area (Å²) in [5.41, 5.74) is 0. The fourth-order valence-corrected chi connectivity index (χ4v) is 5.00. The average molecular weight is 589 g/mol. The van der Waals surface area contributed by atoms with Crippen LogP contribution in [-0.4, -0.2) is 173 Å². The fraction of sp³-hybridized carbons (Fsp3) is 1.00. The lowest BCUT2D eigenvalue weighted by atomic mass is 9.96. The van der Waals surface area contributed by atoms with Crippen LogP contribution in [0.25, 0.3) is 0 Å². The van der Waals surface area contributed by atoms with E-state index < -0.39 is 105 Å². The molecule has 3 aliphatic rings.